The topological polar surface area (TPSA) is 70.6 Å². The highest BCUT2D eigenvalue weighted by Gasteiger charge is 2.12. The highest BCUT2D eigenvalue weighted by Crippen LogP contribution is 2.23. The number of fused-ring (bicyclic) bond motifs is 1. The van der Waals surface area contributed by atoms with Crippen LogP contribution in [0.5, 0.6) is 5.75 Å². The van der Waals surface area contributed by atoms with Crippen LogP contribution in [0, 0.1) is 0 Å². The van der Waals surface area contributed by atoms with Crippen molar-refractivity contribution in [1.82, 2.24) is 14.3 Å². The Morgan fingerprint density at radius 3 is 2.83 bits per heavy atom. The molecule has 0 radical (unpaired) electrons. The van der Waals surface area contributed by atoms with Crippen LogP contribution in [-0.4, -0.2) is 41.1 Å². The van der Waals surface area contributed by atoms with E-state index in [0.717, 1.165) is 16.0 Å². The van der Waals surface area contributed by atoms with Gasteiger partial charge in [-0.15, -0.1) is 0 Å². The first-order valence-corrected chi connectivity index (χ1v) is 8.19. The number of hydrogen-bond acceptors (Lipinski definition) is 5. The van der Waals surface area contributed by atoms with Crippen LogP contribution in [0.1, 0.15) is 10.5 Å². The molecular weight excluding hydrogens is 328 g/mol. The van der Waals surface area contributed by atoms with E-state index in [2.05, 4.69) is 10.1 Å². The average Bonchev–Trinajstić information content (AvgIpc) is 3.15. The molecule has 2 aromatic heterocycles. The molecule has 3 rings (SSSR count). The lowest BCUT2D eigenvalue weighted by molar-refractivity contribution is 0.0988. The van der Waals surface area contributed by atoms with Crippen LogP contribution in [0.2, 0.25) is 0 Å². The third-order valence-corrected chi connectivity index (χ3v) is 4.69. The van der Waals surface area contributed by atoms with Crippen LogP contribution in [0.3, 0.4) is 0 Å². The second-order valence-corrected chi connectivity index (χ2v) is 6.13. The number of thiazole rings is 1. The molecule has 0 saturated heterocycles. The molecule has 0 saturated carbocycles. The first kappa shape index (κ1) is 16.4. The molecule has 0 fully saturated rings. The Morgan fingerprint density at radius 2 is 2.17 bits per heavy atom. The SMILES string of the molecule is COCCn1c(=NC(=O)c2ccnn2C)sc2cc(OC)ccc21. The number of rotatable bonds is 5. The van der Waals surface area contributed by atoms with Gasteiger partial charge in [0.05, 0.1) is 23.9 Å². The summed E-state index contributed by atoms with van der Waals surface area (Å²) in [4.78, 5) is 17.4. The summed E-state index contributed by atoms with van der Waals surface area (Å²) >= 11 is 1.45. The zero-order valence-electron chi connectivity index (χ0n) is 13.7. The minimum atomic E-state index is -0.320. The fourth-order valence-corrected chi connectivity index (χ4v) is 3.48. The van der Waals surface area contributed by atoms with Crippen molar-refractivity contribution in [3.63, 3.8) is 0 Å². The number of amides is 1. The molecule has 0 aliphatic carbocycles. The molecule has 3 aromatic rings. The van der Waals surface area contributed by atoms with E-state index >= 15 is 0 Å². The summed E-state index contributed by atoms with van der Waals surface area (Å²) in [5.41, 5.74) is 1.44. The summed E-state index contributed by atoms with van der Waals surface area (Å²) < 4.78 is 15.0. The second kappa shape index (κ2) is 6.98. The summed E-state index contributed by atoms with van der Waals surface area (Å²) in [5, 5.41) is 4.01. The van der Waals surface area contributed by atoms with Gasteiger partial charge in [-0.2, -0.15) is 10.1 Å². The highest BCUT2D eigenvalue weighted by atomic mass is 32.1. The maximum Gasteiger partial charge on any atom is 0.297 e. The van der Waals surface area contributed by atoms with Gasteiger partial charge >= 0.3 is 0 Å². The minimum absolute atomic E-state index is 0.320. The molecule has 1 aromatic carbocycles. The Kier molecular flexibility index (Phi) is 4.77. The Balaban J connectivity index is 2.12. The molecular formula is C16H18N4O3S. The van der Waals surface area contributed by atoms with Crippen molar-refractivity contribution in [2.45, 2.75) is 6.54 Å². The fraction of sp³-hybridized carbons (Fsp3) is 0.312. The van der Waals surface area contributed by atoms with E-state index in [4.69, 9.17) is 9.47 Å². The van der Waals surface area contributed by atoms with Gasteiger partial charge in [0.1, 0.15) is 11.4 Å². The number of carbonyl (C=O) groups excluding carboxylic acids is 1. The van der Waals surface area contributed by atoms with Gasteiger partial charge in [-0.3, -0.25) is 9.48 Å². The number of aromatic nitrogens is 3. The Bertz CT molecular complexity index is 938. The molecule has 8 heteroatoms. The maximum atomic E-state index is 12.4. The van der Waals surface area contributed by atoms with E-state index in [9.17, 15) is 4.79 Å². The lowest BCUT2D eigenvalue weighted by Crippen LogP contribution is -2.20. The molecule has 0 N–H and O–H groups in total. The third kappa shape index (κ3) is 3.10. The number of methoxy groups -OCH3 is 2. The molecule has 0 aliphatic rings. The first-order chi connectivity index (χ1) is 11.6. The fourth-order valence-electron chi connectivity index (χ4n) is 2.39. The molecule has 0 atom stereocenters. The van der Waals surface area contributed by atoms with Crippen molar-refractivity contribution in [2.24, 2.45) is 12.0 Å². The number of carbonyl (C=O) groups is 1. The van der Waals surface area contributed by atoms with Gasteiger partial charge in [-0.05, 0) is 24.3 Å². The Labute approximate surface area is 142 Å². The molecule has 24 heavy (non-hydrogen) atoms. The maximum absolute atomic E-state index is 12.4. The third-order valence-electron chi connectivity index (χ3n) is 3.65. The van der Waals surface area contributed by atoms with Gasteiger partial charge in [0, 0.05) is 26.9 Å². The van der Waals surface area contributed by atoms with Crippen molar-refractivity contribution in [3.05, 3.63) is 41.0 Å². The molecule has 1 amide bonds. The molecule has 126 valence electrons. The van der Waals surface area contributed by atoms with Gasteiger partial charge in [0.15, 0.2) is 4.80 Å². The molecule has 0 bridgehead atoms. The second-order valence-electron chi connectivity index (χ2n) is 5.12. The predicted octanol–water partition coefficient (Wildman–Crippen LogP) is 1.83. The quantitative estimate of drug-likeness (QED) is 0.707. The van der Waals surface area contributed by atoms with Gasteiger partial charge in [0.2, 0.25) is 0 Å². The van der Waals surface area contributed by atoms with Crippen molar-refractivity contribution in [1.29, 1.82) is 0 Å². The number of hydrogen-bond donors (Lipinski definition) is 0. The van der Waals surface area contributed by atoms with Crippen LogP contribution in [-0.2, 0) is 18.3 Å². The van der Waals surface area contributed by atoms with Crippen molar-refractivity contribution < 1.29 is 14.3 Å². The van der Waals surface area contributed by atoms with Crippen molar-refractivity contribution in [2.75, 3.05) is 20.8 Å². The van der Waals surface area contributed by atoms with Gasteiger partial charge in [-0.25, -0.2) is 0 Å². The average molecular weight is 346 g/mol. The molecule has 0 spiro atoms. The largest absolute Gasteiger partial charge is 0.497 e. The summed E-state index contributed by atoms with van der Waals surface area (Å²) in [6.45, 7) is 1.14. The first-order valence-electron chi connectivity index (χ1n) is 7.37. The van der Waals surface area contributed by atoms with Crippen LogP contribution in [0.25, 0.3) is 10.2 Å². The molecule has 2 heterocycles. The van der Waals surface area contributed by atoms with Crippen molar-refractivity contribution in [3.8, 4) is 5.75 Å². The van der Waals surface area contributed by atoms with Gasteiger partial charge < -0.3 is 14.0 Å². The smallest absolute Gasteiger partial charge is 0.297 e. The van der Waals surface area contributed by atoms with Crippen LogP contribution in [0.4, 0.5) is 0 Å². The standard InChI is InChI=1S/C16H18N4O3S/c1-19-13(6-7-17-19)15(21)18-16-20(8-9-22-2)12-5-4-11(23-3)10-14(12)24-16/h4-7,10H,8-9H2,1-3H3. The summed E-state index contributed by atoms with van der Waals surface area (Å²) in [5.74, 6) is 0.451. The summed E-state index contributed by atoms with van der Waals surface area (Å²) in [6, 6.07) is 7.46. The van der Waals surface area contributed by atoms with E-state index in [1.54, 1.807) is 33.5 Å². The van der Waals surface area contributed by atoms with Crippen LogP contribution >= 0.6 is 11.3 Å². The van der Waals surface area contributed by atoms with E-state index in [-0.39, 0.29) is 5.91 Å². The monoisotopic (exact) mass is 346 g/mol. The summed E-state index contributed by atoms with van der Waals surface area (Å²) in [7, 11) is 5.00. The molecule has 7 nitrogen and oxygen atoms in total. The predicted molar refractivity (Wildman–Crippen MR) is 91.3 cm³/mol. The highest BCUT2D eigenvalue weighted by molar-refractivity contribution is 7.16. The Hall–Kier alpha value is -2.45. The lowest BCUT2D eigenvalue weighted by atomic mass is 10.3. The van der Waals surface area contributed by atoms with Gasteiger partial charge in [0.25, 0.3) is 5.91 Å². The van der Waals surface area contributed by atoms with Crippen LogP contribution < -0.4 is 9.54 Å². The lowest BCUT2D eigenvalue weighted by Gasteiger charge is -2.05. The van der Waals surface area contributed by atoms with E-state index in [0.29, 0.717) is 23.6 Å². The van der Waals surface area contributed by atoms with E-state index in [1.165, 1.54) is 16.0 Å². The van der Waals surface area contributed by atoms with Crippen molar-refractivity contribution >= 4 is 27.5 Å². The number of aryl methyl sites for hydroxylation is 1. The normalized spacial score (nSPS) is 12.0. The number of ether oxygens (including phenoxy) is 2. The number of benzene rings is 1. The van der Waals surface area contributed by atoms with Crippen LogP contribution in [0.15, 0.2) is 35.5 Å². The molecule has 0 aliphatic heterocycles. The Morgan fingerprint density at radius 1 is 1.33 bits per heavy atom. The van der Waals surface area contributed by atoms with Gasteiger partial charge in [-0.1, -0.05) is 11.3 Å². The summed E-state index contributed by atoms with van der Waals surface area (Å²) in [6.07, 6.45) is 1.58. The van der Waals surface area contributed by atoms with E-state index in [1.807, 2.05) is 22.8 Å². The zero-order chi connectivity index (χ0) is 17.1. The zero-order valence-corrected chi connectivity index (χ0v) is 14.5. The minimum Gasteiger partial charge on any atom is -0.497 e. The van der Waals surface area contributed by atoms with E-state index < -0.39 is 0 Å². The molecule has 0 unspecified atom stereocenters. The number of nitrogens with zero attached hydrogens (tertiary/aromatic N) is 4.